The Labute approximate surface area is 99.9 Å². The van der Waals surface area contributed by atoms with Crippen molar-refractivity contribution in [1.29, 1.82) is 0 Å². The second-order valence-corrected chi connectivity index (χ2v) is 3.66. The fourth-order valence-corrected chi connectivity index (χ4v) is 1.24. The van der Waals surface area contributed by atoms with Crippen molar-refractivity contribution in [2.75, 3.05) is 32.1 Å². The molecule has 1 aromatic carbocycles. The molecule has 0 fully saturated rings. The number of carbonyl (C=O) groups is 1. The van der Waals surface area contributed by atoms with E-state index in [1.165, 1.54) is 0 Å². The Morgan fingerprint density at radius 3 is 2.69 bits per heavy atom. The Morgan fingerprint density at radius 2 is 2.06 bits per heavy atom. The first kappa shape index (κ1) is 13.0. The van der Waals surface area contributed by atoms with E-state index in [4.69, 9.17) is 16.3 Å². The van der Waals surface area contributed by atoms with Crippen LogP contribution in [0.1, 0.15) is 0 Å². The van der Waals surface area contributed by atoms with E-state index in [1.807, 2.05) is 0 Å². The second kappa shape index (κ2) is 7.22. The van der Waals surface area contributed by atoms with Crippen LogP contribution in [0.3, 0.4) is 0 Å². The minimum atomic E-state index is -0.0848. The summed E-state index contributed by atoms with van der Waals surface area (Å²) in [4.78, 5) is 11.4. The van der Waals surface area contributed by atoms with Crippen molar-refractivity contribution < 1.29 is 9.53 Å². The van der Waals surface area contributed by atoms with Gasteiger partial charge in [-0.1, -0.05) is 11.6 Å². The summed E-state index contributed by atoms with van der Waals surface area (Å²) >= 11 is 5.73. The summed E-state index contributed by atoms with van der Waals surface area (Å²) in [7, 11) is 1.62. The number of ether oxygens (including phenoxy) is 1. The molecule has 2 N–H and O–H groups in total. The molecule has 0 radical (unpaired) electrons. The van der Waals surface area contributed by atoms with Crippen LogP contribution in [0.4, 0.5) is 5.69 Å². The SMILES string of the molecule is COCCNCC(=O)Nc1ccc(Cl)cc1. The first-order valence-corrected chi connectivity index (χ1v) is 5.35. The number of amides is 1. The minimum Gasteiger partial charge on any atom is -0.383 e. The van der Waals surface area contributed by atoms with E-state index >= 15 is 0 Å². The third-order valence-corrected chi connectivity index (χ3v) is 2.15. The highest BCUT2D eigenvalue weighted by molar-refractivity contribution is 6.30. The molecular weight excluding hydrogens is 228 g/mol. The molecule has 1 aromatic rings. The number of hydrogen-bond acceptors (Lipinski definition) is 3. The van der Waals surface area contributed by atoms with Gasteiger partial charge in [-0.3, -0.25) is 4.79 Å². The van der Waals surface area contributed by atoms with Crippen LogP contribution in [0.2, 0.25) is 5.02 Å². The fraction of sp³-hybridized carbons (Fsp3) is 0.364. The number of carbonyl (C=O) groups excluding carboxylic acids is 1. The zero-order valence-electron chi connectivity index (χ0n) is 9.13. The van der Waals surface area contributed by atoms with Crippen LogP contribution in [0.5, 0.6) is 0 Å². The normalized spacial score (nSPS) is 10.1. The summed E-state index contributed by atoms with van der Waals surface area (Å²) in [6.45, 7) is 1.52. The molecule has 16 heavy (non-hydrogen) atoms. The summed E-state index contributed by atoms with van der Waals surface area (Å²) < 4.78 is 4.85. The van der Waals surface area contributed by atoms with Crippen molar-refractivity contribution in [3.8, 4) is 0 Å². The highest BCUT2D eigenvalue weighted by Gasteiger charge is 2.00. The molecule has 0 aromatic heterocycles. The van der Waals surface area contributed by atoms with E-state index in [-0.39, 0.29) is 12.5 Å². The van der Waals surface area contributed by atoms with Gasteiger partial charge in [0, 0.05) is 24.4 Å². The molecule has 0 saturated heterocycles. The number of anilines is 1. The van der Waals surface area contributed by atoms with Gasteiger partial charge in [0.2, 0.25) is 5.91 Å². The Morgan fingerprint density at radius 1 is 1.38 bits per heavy atom. The van der Waals surface area contributed by atoms with E-state index in [2.05, 4.69) is 10.6 Å². The zero-order chi connectivity index (χ0) is 11.8. The molecular formula is C11H15ClN2O2. The molecule has 1 amide bonds. The van der Waals surface area contributed by atoms with Crippen molar-refractivity contribution in [3.63, 3.8) is 0 Å². The van der Waals surface area contributed by atoms with Crippen LogP contribution >= 0.6 is 11.6 Å². The third-order valence-electron chi connectivity index (χ3n) is 1.90. The van der Waals surface area contributed by atoms with Gasteiger partial charge < -0.3 is 15.4 Å². The number of methoxy groups -OCH3 is 1. The molecule has 0 saturated carbocycles. The number of rotatable bonds is 6. The van der Waals surface area contributed by atoms with E-state index in [0.717, 1.165) is 5.69 Å². The lowest BCUT2D eigenvalue weighted by molar-refractivity contribution is -0.115. The molecule has 0 unspecified atom stereocenters. The van der Waals surface area contributed by atoms with Gasteiger partial charge >= 0.3 is 0 Å². The standard InChI is InChI=1S/C11H15ClN2O2/c1-16-7-6-13-8-11(15)14-10-4-2-9(12)3-5-10/h2-5,13H,6-8H2,1H3,(H,14,15). The van der Waals surface area contributed by atoms with E-state index in [9.17, 15) is 4.79 Å². The minimum absolute atomic E-state index is 0.0848. The van der Waals surface area contributed by atoms with Crippen LogP contribution in [0, 0.1) is 0 Å². The summed E-state index contributed by atoms with van der Waals surface area (Å²) in [5.74, 6) is -0.0848. The molecule has 0 heterocycles. The quantitative estimate of drug-likeness (QED) is 0.744. The predicted octanol–water partition coefficient (Wildman–Crippen LogP) is 1.51. The summed E-state index contributed by atoms with van der Waals surface area (Å²) in [5.41, 5.74) is 0.739. The van der Waals surface area contributed by atoms with E-state index < -0.39 is 0 Å². The van der Waals surface area contributed by atoms with Gasteiger partial charge in [0.05, 0.1) is 13.2 Å². The first-order valence-electron chi connectivity index (χ1n) is 4.97. The topological polar surface area (TPSA) is 50.4 Å². The van der Waals surface area contributed by atoms with Gasteiger partial charge in [0.1, 0.15) is 0 Å². The summed E-state index contributed by atoms with van der Waals surface area (Å²) in [5, 5.41) is 6.35. The molecule has 0 bridgehead atoms. The van der Waals surface area contributed by atoms with E-state index in [0.29, 0.717) is 18.2 Å². The largest absolute Gasteiger partial charge is 0.383 e. The monoisotopic (exact) mass is 242 g/mol. The van der Waals surface area contributed by atoms with Gasteiger partial charge in [0.25, 0.3) is 0 Å². The maximum absolute atomic E-state index is 11.4. The van der Waals surface area contributed by atoms with Crippen molar-refractivity contribution >= 4 is 23.2 Å². The number of hydrogen-bond donors (Lipinski definition) is 2. The van der Waals surface area contributed by atoms with Gasteiger partial charge in [-0.15, -0.1) is 0 Å². The molecule has 88 valence electrons. The highest BCUT2D eigenvalue weighted by atomic mass is 35.5. The predicted molar refractivity (Wildman–Crippen MR) is 64.8 cm³/mol. The van der Waals surface area contributed by atoms with Crippen LogP contribution in [0.15, 0.2) is 24.3 Å². The van der Waals surface area contributed by atoms with Crippen LogP contribution in [-0.2, 0) is 9.53 Å². The molecule has 0 aliphatic rings. The second-order valence-electron chi connectivity index (χ2n) is 3.22. The molecule has 0 atom stereocenters. The molecule has 1 rings (SSSR count). The average Bonchev–Trinajstić information content (AvgIpc) is 2.28. The number of nitrogens with one attached hydrogen (secondary N) is 2. The molecule has 5 heteroatoms. The Bertz CT molecular complexity index is 327. The van der Waals surface area contributed by atoms with Crippen LogP contribution in [0.25, 0.3) is 0 Å². The lowest BCUT2D eigenvalue weighted by Crippen LogP contribution is -2.30. The lowest BCUT2D eigenvalue weighted by atomic mass is 10.3. The smallest absolute Gasteiger partial charge is 0.238 e. The maximum atomic E-state index is 11.4. The van der Waals surface area contributed by atoms with Gasteiger partial charge in [0.15, 0.2) is 0 Å². The van der Waals surface area contributed by atoms with Crippen LogP contribution < -0.4 is 10.6 Å². The van der Waals surface area contributed by atoms with E-state index in [1.54, 1.807) is 31.4 Å². The molecule has 0 aliphatic heterocycles. The fourth-order valence-electron chi connectivity index (χ4n) is 1.11. The van der Waals surface area contributed by atoms with Gasteiger partial charge in [-0.2, -0.15) is 0 Å². The first-order chi connectivity index (χ1) is 7.72. The highest BCUT2D eigenvalue weighted by Crippen LogP contribution is 2.12. The van der Waals surface area contributed by atoms with Crippen molar-refractivity contribution in [3.05, 3.63) is 29.3 Å². The third kappa shape index (κ3) is 5.11. The molecule has 0 spiro atoms. The van der Waals surface area contributed by atoms with Crippen molar-refractivity contribution in [1.82, 2.24) is 5.32 Å². The van der Waals surface area contributed by atoms with Gasteiger partial charge in [-0.05, 0) is 24.3 Å². The Hall–Kier alpha value is -1.10. The zero-order valence-corrected chi connectivity index (χ0v) is 9.88. The number of benzene rings is 1. The number of halogens is 1. The maximum Gasteiger partial charge on any atom is 0.238 e. The van der Waals surface area contributed by atoms with Gasteiger partial charge in [-0.25, -0.2) is 0 Å². The van der Waals surface area contributed by atoms with Crippen molar-refractivity contribution in [2.45, 2.75) is 0 Å². The lowest BCUT2D eigenvalue weighted by Gasteiger charge is -2.06. The molecule has 0 aliphatic carbocycles. The summed E-state index contributed by atoms with van der Waals surface area (Å²) in [6, 6.07) is 6.98. The van der Waals surface area contributed by atoms with Crippen LogP contribution in [-0.4, -0.2) is 32.7 Å². The van der Waals surface area contributed by atoms with Crippen molar-refractivity contribution in [2.24, 2.45) is 0 Å². The Balaban J connectivity index is 2.26. The average molecular weight is 243 g/mol. The Kier molecular flexibility index (Phi) is 5.85. The summed E-state index contributed by atoms with van der Waals surface area (Å²) in [6.07, 6.45) is 0. The molecule has 4 nitrogen and oxygen atoms in total.